The van der Waals surface area contributed by atoms with Gasteiger partial charge in [0.15, 0.2) is 0 Å². The number of carboxylic acid groups (broad SMARTS) is 1. The van der Waals surface area contributed by atoms with Gasteiger partial charge in [-0.2, -0.15) is 0 Å². The van der Waals surface area contributed by atoms with Gasteiger partial charge in [0.2, 0.25) is 0 Å². The normalized spacial score (nSPS) is 34.6. The lowest BCUT2D eigenvalue weighted by atomic mass is 9.97. The molecule has 2 unspecified atom stereocenters. The van der Waals surface area contributed by atoms with Crippen LogP contribution in [0.4, 0.5) is 0 Å². The molecule has 1 fully saturated rings. The number of unbranched alkanes of at least 4 members (excludes halogenated alkanes) is 1. The topological polar surface area (TPSA) is 166 Å². The molecular weight excluding hydrogens is 284 g/mol. The Kier molecular flexibility index (Phi) is 7.46. The van der Waals surface area contributed by atoms with Crippen molar-refractivity contribution in [1.82, 2.24) is 5.32 Å². The number of hydrogen-bond acceptors (Lipinski definition) is 8. The Morgan fingerprint density at radius 2 is 1.86 bits per heavy atom. The maximum Gasteiger partial charge on any atom is 0.320 e. The molecule has 8 N–H and O–H groups in total. The molecule has 0 aromatic carbocycles. The fraction of sp³-hybridized carbons (Fsp3) is 0.917. The van der Waals surface area contributed by atoms with Crippen LogP contribution in [-0.2, 0) is 9.53 Å². The number of carbonyl (C=O) groups is 1. The smallest absolute Gasteiger partial charge is 0.320 e. The molecule has 9 heteroatoms. The zero-order valence-electron chi connectivity index (χ0n) is 11.6. The Morgan fingerprint density at radius 3 is 2.38 bits per heavy atom. The lowest BCUT2D eigenvalue weighted by Crippen LogP contribution is -2.64. The lowest BCUT2D eigenvalue weighted by Gasteiger charge is -2.41. The SMILES string of the molecule is NCCCCC(NC1O[C@H](CO)[C@@H](O)[C@H](O)[C@H]1O)C(=O)O. The van der Waals surface area contributed by atoms with E-state index in [2.05, 4.69) is 5.32 Å². The summed E-state index contributed by atoms with van der Waals surface area (Å²) in [5.41, 5.74) is 5.35. The Balaban J connectivity index is 2.66. The summed E-state index contributed by atoms with van der Waals surface area (Å²) in [5, 5.41) is 49.9. The van der Waals surface area contributed by atoms with Crippen LogP contribution in [-0.4, -0.2) is 81.3 Å². The average molecular weight is 308 g/mol. The first-order chi connectivity index (χ1) is 9.92. The van der Waals surface area contributed by atoms with Gasteiger partial charge < -0.3 is 36.0 Å². The Bertz CT molecular complexity index is 329. The molecule has 1 rings (SSSR count). The summed E-state index contributed by atoms with van der Waals surface area (Å²) in [4.78, 5) is 11.2. The van der Waals surface area contributed by atoms with Crippen LogP contribution in [0.25, 0.3) is 0 Å². The molecule has 0 bridgehead atoms. The number of aliphatic hydroxyl groups excluding tert-OH is 4. The van der Waals surface area contributed by atoms with Gasteiger partial charge in [0.1, 0.15) is 36.7 Å². The molecule has 1 aliphatic heterocycles. The van der Waals surface area contributed by atoms with Gasteiger partial charge >= 0.3 is 5.97 Å². The highest BCUT2D eigenvalue weighted by Gasteiger charge is 2.44. The quantitative estimate of drug-likeness (QED) is 0.231. The molecule has 21 heavy (non-hydrogen) atoms. The highest BCUT2D eigenvalue weighted by Crippen LogP contribution is 2.20. The van der Waals surface area contributed by atoms with Crippen molar-refractivity contribution < 1.29 is 35.1 Å². The average Bonchev–Trinajstić information content (AvgIpc) is 2.46. The van der Waals surface area contributed by atoms with Crippen molar-refractivity contribution in [2.75, 3.05) is 13.2 Å². The predicted octanol–water partition coefficient (Wildman–Crippen LogP) is -3.04. The molecule has 1 heterocycles. The summed E-state index contributed by atoms with van der Waals surface area (Å²) < 4.78 is 5.21. The molecule has 124 valence electrons. The summed E-state index contributed by atoms with van der Waals surface area (Å²) >= 11 is 0. The van der Waals surface area contributed by atoms with E-state index in [0.717, 1.165) is 0 Å². The van der Waals surface area contributed by atoms with Gasteiger partial charge in [0.05, 0.1) is 6.61 Å². The van der Waals surface area contributed by atoms with Crippen LogP contribution in [0.15, 0.2) is 0 Å². The number of nitrogens with two attached hydrogens (primary N) is 1. The van der Waals surface area contributed by atoms with Gasteiger partial charge in [-0.1, -0.05) is 6.42 Å². The van der Waals surface area contributed by atoms with Gasteiger partial charge in [-0.15, -0.1) is 0 Å². The van der Waals surface area contributed by atoms with E-state index in [1.54, 1.807) is 0 Å². The molecule has 9 nitrogen and oxygen atoms in total. The van der Waals surface area contributed by atoms with Crippen LogP contribution >= 0.6 is 0 Å². The van der Waals surface area contributed by atoms with E-state index in [-0.39, 0.29) is 6.42 Å². The van der Waals surface area contributed by atoms with Crippen LogP contribution < -0.4 is 11.1 Å². The number of nitrogens with one attached hydrogen (secondary N) is 1. The van der Waals surface area contributed by atoms with E-state index in [4.69, 9.17) is 20.7 Å². The largest absolute Gasteiger partial charge is 0.480 e. The van der Waals surface area contributed by atoms with Crippen LogP contribution in [0.1, 0.15) is 19.3 Å². The maximum atomic E-state index is 11.2. The molecule has 0 radical (unpaired) electrons. The molecule has 1 aliphatic rings. The second-order valence-electron chi connectivity index (χ2n) is 5.09. The molecule has 0 spiro atoms. The second kappa shape index (κ2) is 8.59. The summed E-state index contributed by atoms with van der Waals surface area (Å²) in [6, 6.07) is -0.988. The van der Waals surface area contributed by atoms with Crippen LogP contribution in [0.5, 0.6) is 0 Å². The van der Waals surface area contributed by atoms with Gasteiger partial charge in [0.25, 0.3) is 0 Å². The Labute approximate surface area is 122 Å². The minimum Gasteiger partial charge on any atom is -0.480 e. The van der Waals surface area contributed by atoms with E-state index in [1.807, 2.05) is 0 Å². The third-order valence-corrected chi connectivity index (χ3v) is 3.50. The van der Waals surface area contributed by atoms with Crippen molar-refractivity contribution in [1.29, 1.82) is 0 Å². The number of aliphatic hydroxyl groups is 4. The zero-order chi connectivity index (χ0) is 16.0. The second-order valence-corrected chi connectivity index (χ2v) is 5.09. The van der Waals surface area contributed by atoms with Gasteiger partial charge in [-0.05, 0) is 19.4 Å². The van der Waals surface area contributed by atoms with Crippen molar-refractivity contribution in [3.63, 3.8) is 0 Å². The van der Waals surface area contributed by atoms with E-state index in [9.17, 15) is 20.1 Å². The maximum absolute atomic E-state index is 11.2. The standard InChI is InChI=1S/C12H24N2O7/c13-4-2-1-3-6(12(19)20)14-11-10(18)9(17)8(16)7(5-15)21-11/h6-11,14-18H,1-5,13H2,(H,19,20)/t6?,7-,8-,9+,10-,11?/m1/s1. The number of aliphatic carboxylic acids is 1. The fourth-order valence-electron chi connectivity index (χ4n) is 2.21. The molecule has 0 aromatic rings. The Morgan fingerprint density at radius 1 is 1.19 bits per heavy atom. The summed E-state index contributed by atoms with van der Waals surface area (Å²) in [7, 11) is 0. The third-order valence-electron chi connectivity index (χ3n) is 3.50. The molecule has 0 amide bonds. The summed E-state index contributed by atoms with van der Waals surface area (Å²) in [6.45, 7) is -0.111. The van der Waals surface area contributed by atoms with Crippen LogP contribution in [0, 0.1) is 0 Å². The monoisotopic (exact) mass is 308 g/mol. The fourth-order valence-corrected chi connectivity index (χ4v) is 2.21. The third kappa shape index (κ3) is 4.85. The summed E-state index contributed by atoms with van der Waals surface area (Å²) in [5.74, 6) is -1.12. The number of carboxylic acids is 1. The van der Waals surface area contributed by atoms with E-state index >= 15 is 0 Å². The van der Waals surface area contributed by atoms with Crippen molar-refractivity contribution in [2.45, 2.75) is 55.9 Å². The minimum atomic E-state index is -1.54. The molecule has 6 atom stereocenters. The highest BCUT2D eigenvalue weighted by molar-refractivity contribution is 5.73. The lowest BCUT2D eigenvalue weighted by molar-refractivity contribution is -0.238. The summed E-state index contributed by atoms with van der Waals surface area (Å²) in [6.07, 6.45) is -5.24. The number of rotatable bonds is 8. The van der Waals surface area contributed by atoms with Crippen molar-refractivity contribution in [3.05, 3.63) is 0 Å². The van der Waals surface area contributed by atoms with Crippen molar-refractivity contribution in [3.8, 4) is 0 Å². The highest BCUT2D eigenvalue weighted by atomic mass is 16.6. The van der Waals surface area contributed by atoms with Crippen LogP contribution in [0.2, 0.25) is 0 Å². The van der Waals surface area contributed by atoms with E-state index in [0.29, 0.717) is 19.4 Å². The van der Waals surface area contributed by atoms with Crippen molar-refractivity contribution >= 4 is 5.97 Å². The predicted molar refractivity (Wildman–Crippen MR) is 71.2 cm³/mol. The molecule has 1 saturated heterocycles. The first kappa shape index (κ1) is 18.2. The minimum absolute atomic E-state index is 0.279. The van der Waals surface area contributed by atoms with Crippen molar-refractivity contribution in [2.24, 2.45) is 5.73 Å². The van der Waals surface area contributed by atoms with Crippen LogP contribution in [0.3, 0.4) is 0 Å². The molecular formula is C12H24N2O7. The van der Waals surface area contributed by atoms with Gasteiger partial charge in [0, 0.05) is 0 Å². The van der Waals surface area contributed by atoms with E-state index in [1.165, 1.54) is 0 Å². The number of ether oxygens (including phenoxy) is 1. The first-order valence-corrected chi connectivity index (χ1v) is 6.91. The molecule has 0 saturated carbocycles. The number of hydrogen-bond donors (Lipinski definition) is 7. The zero-order valence-corrected chi connectivity index (χ0v) is 11.6. The molecule has 0 aromatic heterocycles. The van der Waals surface area contributed by atoms with Gasteiger partial charge in [-0.3, -0.25) is 10.1 Å². The van der Waals surface area contributed by atoms with Gasteiger partial charge in [-0.25, -0.2) is 0 Å². The Hall–Kier alpha value is -0.810. The first-order valence-electron chi connectivity index (χ1n) is 6.91. The van der Waals surface area contributed by atoms with E-state index < -0.39 is 49.3 Å². The molecule has 0 aliphatic carbocycles.